The molecule has 0 bridgehead atoms. The van der Waals surface area contributed by atoms with Gasteiger partial charge in [0.25, 0.3) is 0 Å². The second kappa shape index (κ2) is 20.3. The van der Waals surface area contributed by atoms with Crippen molar-refractivity contribution in [2.45, 2.75) is 66.2 Å². The average molecular weight is 376 g/mol. The smallest absolute Gasteiger partial charge is 0.219 e. The van der Waals surface area contributed by atoms with Gasteiger partial charge in [0, 0.05) is 25.4 Å². The van der Waals surface area contributed by atoms with Gasteiger partial charge in [-0.25, -0.2) is 0 Å². The Bertz CT molecular complexity index is 328. The molecule has 2 N–H and O–H groups in total. The molecule has 1 aliphatic rings. The number of carbonyl (C=O) groups excluding carboxylic acids is 2. The Kier molecular flexibility index (Phi) is 21.3. The van der Waals surface area contributed by atoms with Crippen molar-refractivity contribution in [3.05, 3.63) is 0 Å². The van der Waals surface area contributed by atoms with Gasteiger partial charge in [0.15, 0.2) is 0 Å². The van der Waals surface area contributed by atoms with Crippen LogP contribution in [0.5, 0.6) is 0 Å². The molecule has 26 heavy (non-hydrogen) atoms. The van der Waals surface area contributed by atoms with Crippen LogP contribution >= 0.6 is 0 Å². The van der Waals surface area contributed by atoms with Crippen molar-refractivity contribution in [1.82, 2.24) is 0 Å². The Morgan fingerprint density at radius 3 is 1.88 bits per heavy atom. The van der Waals surface area contributed by atoms with E-state index in [0.717, 1.165) is 12.8 Å². The van der Waals surface area contributed by atoms with Gasteiger partial charge in [0.1, 0.15) is 5.78 Å². The third kappa shape index (κ3) is 17.8. The van der Waals surface area contributed by atoms with Gasteiger partial charge in [-0.1, -0.05) is 47.0 Å². The van der Waals surface area contributed by atoms with Gasteiger partial charge in [-0.05, 0) is 12.8 Å². The van der Waals surface area contributed by atoms with Crippen LogP contribution in [0, 0.1) is 11.8 Å². The molecule has 0 radical (unpaired) electrons. The van der Waals surface area contributed by atoms with Gasteiger partial charge in [-0.15, -0.1) is 0 Å². The number of hydrogen-bond acceptors (Lipinski definition) is 5. The summed E-state index contributed by atoms with van der Waals surface area (Å²) in [5, 5.41) is 0. The highest BCUT2D eigenvalue weighted by molar-refractivity contribution is 5.82. The molecule has 1 rings (SSSR count). The zero-order chi connectivity index (χ0) is 20.2. The van der Waals surface area contributed by atoms with Gasteiger partial charge >= 0.3 is 0 Å². The van der Waals surface area contributed by atoms with Crippen molar-refractivity contribution in [2.75, 3.05) is 40.1 Å². The highest BCUT2D eigenvalue weighted by atomic mass is 16.5. The van der Waals surface area contributed by atoms with Crippen molar-refractivity contribution in [1.29, 1.82) is 0 Å². The van der Waals surface area contributed by atoms with E-state index >= 15 is 0 Å². The highest BCUT2D eigenvalue weighted by Gasteiger charge is 2.22. The standard InChI is InChI=1S/C10H18O.C8H17NO4.C2H6/c1-8(2)10(11)9-6-4-3-5-7-9;1-11-4-5-13-7-6-12-3-2-8(9)10;1-2/h8-9H,3-7H2,1-2H3;2-7H2,1H3,(H2,9,10);1-2H3. The molecule has 0 aromatic heterocycles. The molecular weight excluding hydrogens is 334 g/mol. The normalized spacial score (nSPS) is 14.1. The molecule has 6 nitrogen and oxygen atoms in total. The minimum Gasteiger partial charge on any atom is -0.382 e. The van der Waals surface area contributed by atoms with E-state index in [4.69, 9.17) is 19.9 Å². The Hall–Kier alpha value is -0.980. The summed E-state index contributed by atoms with van der Waals surface area (Å²) in [6, 6.07) is 0. The lowest BCUT2D eigenvalue weighted by Crippen LogP contribution is -2.21. The van der Waals surface area contributed by atoms with Crippen LogP contribution in [-0.2, 0) is 23.8 Å². The summed E-state index contributed by atoms with van der Waals surface area (Å²) in [4.78, 5) is 21.8. The van der Waals surface area contributed by atoms with E-state index in [1.165, 1.54) is 19.3 Å². The van der Waals surface area contributed by atoms with Crippen molar-refractivity contribution >= 4 is 11.7 Å². The molecule has 1 amide bonds. The van der Waals surface area contributed by atoms with Crippen LogP contribution < -0.4 is 5.73 Å². The summed E-state index contributed by atoms with van der Waals surface area (Å²) in [6.07, 6.45) is 6.43. The number of Topliss-reactive ketones (excluding diaryl/α,β-unsaturated/α-hetero) is 1. The average Bonchev–Trinajstić information content (AvgIpc) is 2.66. The molecular formula is C20H41NO5. The molecule has 1 saturated carbocycles. The largest absolute Gasteiger partial charge is 0.382 e. The third-order valence-electron chi connectivity index (χ3n) is 3.87. The second-order valence-electron chi connectivity index (χ2n) is 6.33. The molecule has 0 aromatic carbocycles. The number of methoxy groups -OCH3 is 1. The zero-order valence-electron chi connectivity index (χ0n) is 17.6. The summed E-state index contributed by atoms with van der Waals surface area (Å²) in [6.45, 7) is 10.5. The fourth-order valence-corrected chi connectivity index (χ4v) is 2.50. The third-order valence-corrected chi connectivity index (χ3v) is 3.87. The predicted molar refractivity (Wildman–Crippen MR) is 105 cm³/mol. The van der Waals surface area contributed by atoms with Crippen LogP contribution in [0.25, 0.3) is 0 Å². The number of rotatable bonds is 11. The van der Waals surface area contributed by atoms with Crippen LogP contribution in [0.4, 0.5) is 0 Å². The van der Waals surface area contributed by atoms with E-state index in [9.17, 15) is 9.59 Å². The summed E-state index contributed by atoms with van der Waals surface area (Å²) in [5.74, 6) is 0.798. The number of primary amides is 1. The number of ketones is 1. The molecule has 0 unspecified atom stereocenters. The molecule has 0 aliphatic heterocycles. The first-order valence-corrected chi connectivity index (χ1v) is 9.95. The maximum absolute atomic E-state index is 11.5. The van der Waals surface area contributed by atoms with Gasteiger partial charge in [0.2, 0.25) is 5.91 Å². The molecule has 156 valence electrons. The Labute approximate surface area is 160 Å². The Morgan fingerprint density at radius 2 is 1.42 bits per heavy atom. The summed E-state index contributed by atoms with van der Waals surface area (Å²) >= 11 is 0. The summed E-state index contributed by atoms with van der Waals surface area (Å²) in [5.41, 5.74) is 4.91. The lowest BCUT2D eigenvalue weighted by Gasteiger charge is -2.21. The van der Waals surface area contributed by atoms with Gasteiger partial charge in [-0.3, -0.25) is 9.59 Å². The zero-order valence-corrected chi connectivity index (χ0v) is 17.6. The van der Waals surface area contributed by atoms with E-state index in [1.807, 2.05) is 27.7 Å². The van der Waals surface area contributed by atoms with E-state index in [1.54, 1.807) is 7.11 Å². The minimum atomic E-state index is -0.347. The van der Waals surface area contributed by atoms with Gasteiger partial charge in [-0.2, -0.15) is 0 Å². The van der Waals surface area contributed by atoms with E-state index in [2.05, 4.69) is 0 Å². The Balaban J connectivity index is 0. The first-order valence-electron chi connectivity index (χ1n) is 9.95. The molecule has 0 aromatic rings. The van der Waals surface area contributed by atoms with Gasteiger partial charge in [0.05, 0.1) is 33.0 Å². The molecule has 1 aliphatic carbocycles. The first-order chi connectivity index (χ1) is 12.5. The lowest BCUT2D eigenvalue weighted by atomic mass is 9.83. The Morgan fingerprint density at radius 1 is 0.923 bits per heavy atom. The molecule has 6 heteroatoms. The molecule has 0 saturated heterocycles. The van der Waals surface area contributed by atoms with Crippen LogP contribution in [0.1, 0.15) is 66.2 Å². The molecule has 1 fully saturated rings. The van der Waals surface area contributed by atoms with Crippen molar-refractivity contribution in [3.8, 4) is 0 Å². The van der Waals surface area contributed by atoms with Crippen LogP contribution in [0.3, 0.4) is 0 Å². The number of ether oxygens (including phenoxy) is 3. The fraction of sp³-hybridized carbons (Fsp3) is 0.900. The van der Waals surface area contributed by atoms with Crippen LogP contribution in [0.15, 0.2) is 0 Å². The van der Waals surface area contributed by atoms with Crippen molar-refractivity contribution < 1.29 is 23.8 Å². The van der Waals surface area contributed by atoms with Gasteiger partial charge < -0.3 is 19.9 Å². The topological polar surface area (TPSA) is 87.8 Å². The minimum absolute atomic E-state index is 0.248. The second-order valence-corrected chi connectivity index (χ2v) is 6.33. The SMILES string of the molecule is CC.CC(C)C(=O)C1CCCCC1.COCCOCCOCCC(N)=O. The van der Waals surface area contributed by atoms with Crippen molar-refractivity contribution in [2.24, 2.45) is 17.6 Å². The summed E-state index contributed by atoms with van der Waals surface area (Å²) < 4.78 is 14.9. The number of amides is 1. The molecule has 0 spiro atoms. The summed E-state index contributed by atoms with van der Waals surface area (Å²) in [7, 11) is 1.62. The molecule has 0 atom stereocenters. The van der Waals surface area contributed by atoms with Crippen molar-refractivity contribution in [3.63, 3.8) is 0 Å². The quantitative estimate of drug-likeness (QED) is 0.559. The number of nitrogens with two attached hydrogens (primary N) is 1. The van der Waals surface area contributed by atoms with Crippen LogP contribution in [-0.4, -0.2) is 51.8 Å². The number of carbonyl (C=O) groups is 2. The first kappa shape index (κ1) is 27.2. The predicted octanol–water partition coefficient (Wildman–Crippen LogP) is 3.36. The maximum Gasteiger partial charge on any atom is 0.219 e. The van der Waals surface area contributed by atoms with E-state index < -0.39 is 0 Å². The fourth-order valence-electron chi connectivity index (χ4n) is 2.50. The van der Waals surface area contributed by atoms with Crippen LogP contribution in [0.2, 0.25) is 0 Å². The lowest BCUT2D eigenvalue weighted by molar-refractivity contribution is -0.126. The van der Waals surface area contributed by atoms with E-state index in [-0.39, 0.29) is 18.2 Å². The molecule has 0 heterocycles. The highest BCUT2D eigenvalue weighted by Crippen LogP contribution is 2.26. The monoisotopic (exact) mass is 375 g/mol. The maximum atomic E-state index is 11.5. The number of hydrogen-bond donors (Lipinski definition) is 1. The van der Waals surface area contributed by atoms with E-state index in [0.29, 0.717) is 44.7 Å².